The number of aliphatic imine (C=N–C) groups is 1. The van der Waals surface area contributed by atoms with Crippen LogP contribution in [0.5, 0.6) is 0 Å². The molecule has 6 heteroatoms. The molecule has 1 aliphatic heterocycles. The van der Waals surface area contributed by atoms with E-state index in [-0.39, 0.29) is 11.7 Å². The van der Waals surface area contributed by atoms with Crippen molar-refractivity contribution in [2.75, 3.05) is 0 Å². The van der Waals surface area contributed by atoms with Gasteiger partial charge >= 0.3 is 0 Å². The lowest BCUT2D eigenvalue weighted by Gasteiger charge is -2.37. The molecule has 188 valence electrons. The van der Waals surface area contributed by atoms with Crippen LogP contribution in [-0.4, -0.2) is 36.7 Å². The van der Waals surface area contributed by atoms with Gasteiger partial charge in [-0.1, -0.05) is 30.7 Å². The molecule has 1 fully saturated rings. The first kappa shape index (κ1) is 23.7. The van der Waals surface area contributed by atoms with Crippen molar-refractivity contribution in [2.24, 2.45) is 10.9 Å². The van der Waals surface area contributed by atoms with E-state index in [4.69, 9.17) is 4.99 Å². The molecule has 2 aliphatic rings. The molecule has 3 heterocycles. The first-order chi connectivity index (χ1) is 17.9. The van der Waals surface area contributed by atoms with Gasteiger partial charge in [0.15, 0.2) is 5.78 Å². The molecule has 0 amide bonds. The maximum Gasteiger partial charge on any atom is 0.163 e. The maximum absolute atomic E-state index is 13.4. The first-order valence-corrected chi connectivity index (χ1v) is 13.2. The van der Waals surface area contributed by atoms with Gasteiger partial charge in [0, 0.05) is 35.0 Å². The van der Waals surface area contributed by atoms with Crippen LogP contribution < -0.4 is 0 Å². The quantitative estimate of drug-likeness (QED) is 0.356. The summed E-state index contributed by atoms with van der Waals surface area (Å²) >= 11 is 0. The Labute approximate surface area is 217 Å². The van der Waals surface area contributed by atoms with Gasteiger partial charge < -0.3 is 9.67 Å². The highest BCUT2D eigenvalue weighted by molar-refractivity contribution is 6.16. The number of Topliss-reactive ketones (excluding diaryl/α,β-unsaturated/α-hetero) is 1. The number of carbonyl (C=O) groups is 1. The van der Waals surface area contributed by atoms with E-state index in [2.05, 4.69) is 20.6 Å². The lowest BCUT2D eigenvalue weighted by atomic mass is 9.75. The van der Waals surface area contributed by atoms with Crippen molar-refractivity contribution in [1.29, 1.82) is 0 Å². The number of ketones is 1. The maximum atomic E-state index is 13.4. The number of benzene rings is 2. The highest BCUT2D eigenvalue weighted by atomic mass is 16.3. The van der Waals surface area contributed by atoms with E-state index in [1.807, 2.05) is 62.4 Å². The third-order valence-electron chi connectivity index (χ3n) is 7.96. The number of aryl methyl sites for hydroxylation is 2. The fraction of sp³-hybridized carbons (Fsp3) is 0.355. The average Bonchev–Trinajstić information content (AvgIpc) is 3.44. The standard InChI is InChI=1S/C31H32N4O2/c1-20-14-24(11-13-32-20)30-26-16-23(9-10-25(26)18-33-30)29(36)15-22-6-5-12-31(37,17-22)19-35-21(2)34-27-7-3-4-8-28(27)35/h3-4,7-11,13-14,16,22,37H,5-6,12,15,17-19H2,1-2H3/t22-,31-/m1/s1. The van der Waals surface area contributed by atoms with Crippen molar-refractivity contribution in [3.8, 4) is 0 Å². The van der Waals surface area contributed by atoms with Crippen LogP contribution in [0, 0.1) is 19.8 Å². The molecule has 1 aliphatic carbocycles. The normalized spacial score (nSPS) is 21.2. The van der Waals surface area contributed by atoms with E-state index in [0.29, 0.717) is 25.9 Å². The minimum Gasteiger partial charge on any atom is -0.388 e. The number of fused-ring (bicyclic) bond motifs is 2. The SMILES string of the molecule is Cc1cc(C2=NCc3ccc(C(=O)C[C@H]4CCC[C@](O)(Cn5c(C)nc6ccccc65)C4)cc32)ccn1. The largest absolute Gasteiger partial charge is 0.388 e. The Morgan fingerprint density at radius 1 is 1.14 bits per heavy atom. The van der Waals surface area contributed by atoms with Gasteiger partial charge in [-0.05, 0) is 74.9 Å². The fourth-order valence-electron chi connectivity index (χ4n) is 6.15. The van der Waals surface area contributed by atoms with E-state index in [1.54, 1.807) is 6.20 Å². The van der Waals surface area contributed by atoms with E-state index in [1.165, 1.54) is 0 Å². The van der Waals surface area contributed by atoms with E-state index in [0.717, 1.165) is 69.8 Å². The molecule has 0 unspecified atom stereocenters. The summed E-state index contributed by atoms with van der Waals surface area (Å²) in [5.74, 6) is 1.21. The van der Waals surface area contributed by atoms with Crippen molar-refractivity contribution >= 4 is 22.5 Å². The summed E-state index contributed by atoms with van der Waals surface area (Å²) < 4.78 is 2.13. The molecule has 1 N–H and O–H groups in total. The molecule has 2 aromatic carbocycles. The van der Waals surface area contributed by atoms with Gasteiger partial charge in [-0.3, -0.25) is 14.8 Å². The second-order valence-electron chi connectivity index (χ2n) is 10.8. The highest BCUT2D eigenvalue weighted by Crippen LogP contribution is 2.37. The molecule has 0 radical (unpaired) electrons. The third-order valence-corrected chi connectivity index (χ3v) is 7.96. The Morgan fingerprint density at radius 3 is 2.86 bits per heavy atom. The molecule has 0 bridgehead atoms. The molecule has 2 aromatic heterocycles. The second kappa shape index (κ2) is 9.34. The molecule has 0 saturated heterocycles. The topological polar surface area (TPSA) is 80.4 Å². The van der Waals surface area contributed by atoms with Gasteiger partial charge in [0.25, 0.3) is 0 Å². The molecular weight excluding hydrogens is 460 g/mol. The van der Waals surface area contributed by atoms with Gasteiger partial charge in [-0.25, -0.2) is 4.98 Å². The van der Waals surface area contributed by atoms with Crippen LogP contribution in [0.3, 0.4) is 0 Å². The minimum atomic E-state index is -0.839. The number of hydrogen-bond donors (Lipinski definition) is 1. The number of pyridine rings is 1. The number of aromatic nitrogens is 3. The van der Waals surface area contributed by atoms with Crippen LogP contribution in [0.2, 0.25) is 0 Å². The van der Waals surface area contributed by atoms with Crippen molar-refractivity contribution in [1.82, 2.24) is 14.5 Å². The summed E-state index contributed by atoms with van der Waals surface area (Å²) in [6.07, 6.45) is 5.50. The van der Waals surface area contributed by atoms with Gasteiger partial charge in [0.2, 0.25) is 0 Å². The third kappa shape index (κ3) is 4.62. The summed E-state index contributed by atoms with van der Waals surface area (Å²) in [6.45, 7) is 5.11. The van der Waals surface area contributed by atoms with Crippen LogP contribution in [0.4, 0.5) is 0 Å². The predicted molar refractivity (Wildman–Crippen MR) is 145 cm³/mol. The van der Waals surface area contributed by atoms with Gasteiger partial charge in [-0.15, -0.1) is 0 Å². The van der Waals surface area contributed by atoms with Crippen molar-refractivity contribution in [2.45, 2.75) is 64.6 Å². The van der Waals surface area contributed by atoms with Crippen molar-refractivity contribution in [3.05, 3.63) is 94.6 Å². The van der Waals surface area contributed by atoms with Crippen LogP contribution in [0.1, 0.15) is 70.7 Å². The smallest absolute Gasteiger partial charge is 0.163 e. The molecule has 6 rings (SSSR count). The molecule has 2 atom stereocenters. The average molecular weight is 493 g/mol. The van der Waals surface area contributed by atoms with Crippen molar-refractivity contribution in [3.63, 3.8) is 0 Å². The number of nitrogens with zero attached hydrogens (tertiary/aromatic N) is 4. The van der Waals surface area contributed by atoms with Crippen LogP contribution in [0.25, 0.3) is 11.0 Å². The Hall–Kier alpha value is -3.64. The second-order valence-corrected chi connectivity index (χ2v) is 10.8. The van der Waals surface area contributed by atoms with Gasteiger partial charge in [0.1, 0.15) is 5.82 Å². The molecule has 37 heavy (non-hydrogen) atoms. The Balaban J connectivity index is 1.18. The number of aliphatic hydroxyl groups is 1. The zero-order valence-electron chi connectivity index (χ0n) is 21.4. The molecule has 0 spiro atoms. The molecule has 6 nitrogen and oxygen atoms in total. The zero-order valence-corrected chi connectivity index (χ0v) is 21.4. The minimum absolute atomic E-state index is 0.137. The predicted octanol–water partition coefficient (Wildman–Crippen LogP) is 5.59. The van der Waals surface area contributed by atoms with Crippen LogP contribution in [-0.2, 0) is 13.1 Å². The van der Waals surface area contributed by atoms with Crippen LogP contribution >= 0.6 is 0 Å². The van der Waals surface area contributed by atoms with Gasteiger partial charge in [-0.2, -0.15) is 0 Å². The van der Waals surface area contributed by atoms with E-state index in [9.17, 15) is 9.90 Å². The van der Waals surface area contributed by atoms with Gasteiger partial charge in [0.05, 0.1) is 35.4 Å². The summed E-state index contributed by atoms with van der Waals surface area (Å²) in [6, 6.07) is 18.1. The first-order valence-electron chi connectivity index (χ1n) is 13.2. The Kier molecular flexibility index (Phi) is 6.00. The summed E-state index contributed by atoms with van der Waals surface area (Å²) in [5.41, 5.74) is 7.00. The lowest BCUT2D eigenvalue weighted by molar-refractivity contribution is -0.0298. The van der Waals surface area contributed by atoms with E-state index < -0.39 is 5.60 Å². The zero-order chi connectivity index (χ0) is 25.6. The summed E-state index contributed by atoms with van der Waals surface area (Å²) in [4.78, 5) is 27.1. The summed E-state index contributed by atoms with van der Waals surface area (Å²) in [5, 5.41) is 11.6. The number of para-hydroxylation sites is 2. The number of rotatable bonds is 6. The highest BCUT2D eigenvalue weighted by Gasteiger charge is 2.36. The monoisotopic (exact) mass is 492 g/mol. The number of imidazole rings is 1. The summed E-state index contributed by atoms with van der Waals surface area (Å²) in [7, 11) is 0. The molecule has 1 saturated carbocycles. The molecule has 4 aromatic rings. The van der Waals surface area contributed by atoms with E-state index >= 15 is 0 Å². The Bertz CT molecular complexity index is 1540. The van der Waals surface area contributed by atoms with Crippen LogP contribution in [0.15, 0.2) is 65.8 Å². The van der Waals surface area contributed by atoms with Crippen molar-refractivity contribution < 1.29 is 9.90 Å². The Morgan fingerprint density at radius 2 is 2.00 bits per heavy atom. The lowest BCUT2D eigenvalue weighted by Crippen LogP contribution is -2.40. The number of carbonyl (C=O) groups excluding carboxylic acids is 1. The number of hydrogen-bond acceptors (Lipinski definition) is 5. The molecular formula is C31H32N4O2. The fourth-order valence-corrected chi connectivity index (χ4v) is 6.15.